The zero-order valence-electron chi connectivity index (χ0n) is 47.3. The predicted molar refractivity (Wildman–Crippen MR) is 324 cm³/mol. The second-order valence-corrected chi connectivity index (χ2v) is 25.2. The number of carbonyl (C=O) groups excluding carboxylic acids is 3. The molecule has 8 unspecified atom stereocenters. The van der Waals surface area contributed by atoms with E-state index in [1.165, 1.54) is 70.5 Å². The van der Waals surface area contributed by atoms with Crippen molar-refractivity contribution in [3.63, 3.8) is 0 Å². The maximum Gasteiger partial charge on any atom is 0.316 e. The number of esters is 1. The van der Waals surface area contributed by atoms with Gasteiger partial charge in [0.2, 0.25) is 11.4 Å². The average Bonchev–Trinajstić information content (AvgIpc) is 2.30. The van der Waals surface area contributed by atoms with Gasteiger partial charge < -0.3 is 25.1 Å². The summed E-state index contributed by atoms with van der Waals surface area (Å²) >= 11 is 3.46. The summed E-state index contributed by atoms with van der Waals surface area (Å²) in [4.78, 5) is 56.4. The first-order valence-electron chi connectivity index (χ1n) is 28.8. The van der Waals surface area contributed by atoms with Crippen molar-refractivity contribution in [1.29, 1.82) is 0 Å². The molecule has 12 rings (SSSR count). The molecule has 14 nitrogen and oxygen atoms in total. The van der Waals surface area contributed by atoms with Crippen LogP contribution in [0, 0.1) is 62.7 Å². The van der Waals surface area contributed by atoms with Crippen molar-refractivity contribution in [3.8, 4) is 21.1 Å². The third-order valence-electron chi connectivity index (χ3n) is 18.0. The number of ether oxygens (including phenoxy) is 1. The van der Waals surface area contributed by atoms with Gasteiger partial charge in [-0.2, -0.15) is 0 Å². The predicted octanol–water partition coefficient (Wildman–Crippen LogP) is 15.4. The minimum Gasteiger partial charge on any atom is -0.512 e. The number of hydrogen-bond acceptors (Lipinski definition) is 13. The Balaban J connectivity index is 0.000000213. The van der Waals surface area contributed by atoms with E-state index < -0.39 is 4.92 Å². The van der Waals surface area contributed by atoms with Crippen molar-refractivity contribution in [2.45, 2.75) is 124 Å². The minimum absolute atomic E-state index is 0. The van der Waals surface area contributed by atoms with Crippen molar-refractivity contribution in [1.82, 2.24) is 25.6 Å². The molecule has 435 valence electrons. The molecule has 8 atom stereocenters. The van der Waals surface area contributed by atoms with E-state index in [0.29, 0.717) is 60.9 Å². The number of nitro benzene ring substituents is 1. The molecule has 3 saturated carbocycles. The first kappa shape index (κ1) is 60.8. The Morgan fingerprint density at radius 1 is 0.855 bits per heavy atom. The molecule has 3 aromatic carbocycles. The first-order chi connectivity index (χ1) is 39.7. The van der Waals surface area contributed by atoms with E-state index in [-0.39, 0.29) is 84.5 Å². The zero-order chi connectivity index (χ0) is 57.4. The van der Waals surface area contributed by atoms with E-state index >= 15 is 0 Å². The molecule has 3 fully saturated rings. The van der Waals surface area contributed by atoms with E-state index in [2.05, 4.69) is 101 Å². The number of nitro groups is 1. The van der Waals surface area contributed by atoms with Crippen LogP contribution in [0.2, 0.25) is 0 Å². The number of aliphatic hydroxyl groups excluding tert-OH is 1. The van der Waals surface area contributed by atoms with Gasteiger partial charge in [0.25, 0.3) is 0 Å². The van der Waals surface area contributed by atoms with E-state index in [4.69, 9.17) is 9.37 Å². The summed E-state index contributed by atoms with van der Waals surface area (Å²) in [5.74, 6) is 2.81. The van der Waals surface area contributed by atoms with Crippen LogP contribution in [0.4, 0.5) is 5.69 Å². The molecule has 4 aliphatic rings. The van der Waals surface area contributed by atoms with Crippen LogP contribution in [0.1, 0.15) is 117 Å². The van der Waals surface area contributed by atoms with Crippen LogP contribution in [-0.2, 0) is 40.9 Å². The fourth-order valence-electron chi connectivity index (χ4n) is 14.0. The van der Waals surface area contributed by atoms with Gasteiger partial charge in [-0.25, -0.2) is 27.3 Å². The number of aromatic nitrogens is 4. The van der Waals surface area contributed by atoms with Crippen LogP contribution in [-0.4, -0.2) is 65.4 Å². The third-order valence-corrected chi connectivity index (χ3v) is 20.2. The van der Waals surface area contributed by atoms with Crippen molar-refractivity contribution >= 4 is 77.2 Å². The molecule has 3 N–H and O–H groups in total. The summed E-state index contributed by atoms with van der Waals surface area (Å²) in [6, 6.07) is 38.3. The largest absolute Gasteiger partial charge is 0.512 e. The van der Waals surface area contributed by atoms with Crippen LogP contribution in [0.5, 0.6) is 0 Å². The summed E-state index contributed by atoms with van der Waals surface area (Å²) in [7, 11) is 0. The molecule has 5 heterocycles. The molecule has 0 saturated heterocycles. The van der Waals surface area contributed by atoms with E-state index in [1.807, 2.05) is 60.9 Å². The van der Waals surface area contributed by atoms with Crippen LogP contribution in [0.3, 0.4) is 0 Å². The van der Waals surface area contributed by atoms with Crippen LogP contribution in [0.15, 0.2) is 138 Å². The SMILES string of the molecule is CC(=[OH+])/C=C(\O)CCC(=O)OC1CCC2(C)C(=CCC3C2CCC2(C)C(C(C)CCC(=O)NCCCc4ccc([N+](=O)[O-])c5nonc45)CCC32)C1.[Ir].[c-]1c(-c2ccccn2)sc2ccccc12.[c-]1c(-c2ccccn2)sc2ccccc12. The first-order valence-corrected chi connectivity index (χ1v) is 30.4. The molecule has 5 aromatic heterocycles. The monoisotopic (exact) mass is 1330 g/mol. The molecule has 0 bridgehead atoms. The number of allylic oxidation sites excluding steroid dienone is 3. The molecular formula is C66H71IrN6O8S2-. The quantitative estimate of drug-likeness (QED) is 0.0107. The average molecular weight is 1330 g/mol. The zero-order valence-corrected chi connectivity index (χ0v) is 51.4. The Bertz CT molecular complexity index is 3450. The smallest absolute Gasteiger partial charge is 0.316 e. The fourth-order valence-corrected chi connectivity index (χ4v) is 15.9. The van der Waals surface area contributed by atoms with Crippen LogP contribution in [0.25, 0.3) is 52.3 Å². The summed E-state index contributed by atoms with van der Waals surface area (Å²) < 4.78 is 13.2. The number of pyridine rings is 2. The van der Waals surface area contributed by atoms with E-state index in [1.54, 1.807) is 28.7 Å². The number of ketones is 1. The standard InChI is InChI=1S/C40H54N4O8.2C13H8NS.Ir/c1-24(7-15-35(47)41-21-5-6-26-8-14-34(44(49)50)38-37(26)42-52-43-38)31-12-13-32-30-11-9-27-23-29(51-36(48)16-10-28(46)22-25(2)45)17-19-39(27,3)33(30)18-20-40(31,32)4;2*1-2-7-12-10(5-1)9-13(15-12)11-6-3-4-8-14-11;/h8-9,14,22,24,29-33,46H,5-7,10-13,15-21,23H2,1-4H3,(H,41,47);2*1-8H;/q;2*-1;/p+1/b28-22-;;;. The third kappa shape index (κ3) is 14.1. The fraction of sp³-hybridized carbons (Fsp3) is 0.409. The Morgan fingerprint density at radius 2 is 1.51 bits per heavy atom. The van der Waals surface area contributed by atoms with Gasteiger partial charge >= 0.3 is 17.4 Å². The molecule has 1 amide bonds. The number of carbonyl (C=O) groups is 2. The summed E-state index contributed by atoms with van der Waals surface area (Å²) in [5.41, 5.74) is 5.11. The molecule has 0 aliphatic heterocycles. The number of fused-ring (bicyclic) bond motifs is 8. The van der Waals surface area contributed by atoms with Crippen molar-refractivity contribution in [2.24, 2.45) is 40.4 Å². The Morgan fingerprint density at radius 3 is 2.13 bits per heavy atom. The molecule has 1 radical (unpaired) electrons. The van der Waals surface area contributed by atoms with E-state index in [0.717, 1.165) is 58.8 Å². The van der Waals surface area contributed by atoms with Crippen LogP contribution >= 0.6 is 22.7 Å². The maximum atomic E-state index is 12.9. The van der Waals surface area contributed by atoms with Gasteiger partial charge in [-0.15, -0.1) is 47.2 Å². The molecule has 4 aliphatic carbocycles. The molecule has 0 spiro atoms. The summed E-state index contributed by atoms with van der Waals surface area (Å²) in [6.07, 6.45) is 18.8. The number of amides is 1. The number of benzene rings is 3. The van der Waals surface area contributed by atoms with Gasteiger partial charge in [0.15, 0.2) is 0 Å². The number of thiophene rings is 2. The van der Waals surface area contributed by atoms with Crippen LogP contribution < -0.4 is 5.32 Å². The Labute approximate surface area is 506 Å². The van der Waals surface area contributed by atoms with Gasteiger partial charge in [0, 0.05) is 75.8 Å². The molecule has 83 heavy (non-hydrogen) atoms. The molecule has 17 heteroatoms. The minimum atomic E-state index is -0.495. The molecule has 8 aromatic rings. The summed E-state index contributed by atoms with van der Waals surface area (Å²) in [5, 5.41) is 34.1. The van der Waals surface area contributed by atoms with Gasteiger partial charge in [-0.05, 0) is 158 Å². The number of aryl methyl sites for hydroxylation is 1. The summed E-state index contributed by atoms with van der Waals surface area (Å²) in [6.45, 7) is 9.34. The van der Waals surface area contributed by atoms with Crippen molar-refractivity contribution in [2.75, 3.05) is 6.54 Å². The Hall–Kier alpha value is -6.78. The number of hydrogen-bond donors (Lipinski definition) is 2. The van der Waals surface area contributed by atoms with E-state index in [9.17, 15) is 29.6 Å². The number of aliphatic hydroxyl groups is 1. The number of nitrogens with one attached hydrogen (secondary N) is 1. The van der Waals surface area contributed by atoms with Gasteiger partial charge in [0.05, 0.1) is 24.3 Å². The number of rotatable bonds is 16. The normalized spacial score (nSPS) is 22.9. The second-order valence-electron chi connectivity index (χ2n) is 23.1. The van der Waals surface area contributed by atoms with Crippen molar-refractivity contribution in [3.05, 3.63) is 161 Å². The topological polar surface area (TPSA) is 205 Å². The van der Waals surface area contributed by atoms with Gasteiger partial charge in [0.1, 0.15) is 17.4 Å². The number of nitrogens with zero attached hydrogens (tertiary/aromatic N) is 5. The van der Waals surface area contributed by atoms with Gasteiger partial charge in [-0.1, -0.05) is 81.0 Å². The molecular weight excluding hydrogens is 1260 g/mol. The maximum absolute atomic E-state index is 12.9. The second kappa shape index (κ2) is 27.3. The Kier molecular flexibility index (Phi) is 20.0. The van der Waals surface area contributed by atoms with Crippen molar-refractivity contribution < 1.29 is 53.9 Å². The number of non-ortho nitro benzene ring substituents is 1. The van der Waals surface area contributed by atoms with Gasteiger partial charge in [-0.3, -0.25) is 24.5 Å².